The summed E-state index contributed by atoms with van der Waals surface area (Å²) in [4.78, 5) is 0. The highest BCUT2D eigenvalue weighted by molar-refractivity contribution is 6.68. The second-order valence-corrected chi connectivity index (χ2v) is 5.21. The van der Waals surface area contributed by atoms with E-state index in [9.17, 15) is 15.3 Å². The zero-order valence-corrected chi connectivity index (χ0v) is 9.42. The monoisotopic (exact) mass is 272 g/mol. The highest BCUT2D eigenvalue weighted by Gasteiger charge is 2.36. The molecule has 1 atom stereocenters. The topological polar surface area (TPSA) is 80.9 Å². The molecule has 0 aliphatic carbocycles. The molecule has 1 aromatic rings. The van der Waals surface area contributed by atoms with Crippen LogP contribution in [-0.4, -0.2) is 24.2 Å². The predicted octanol–water partition coefficient (Wildman–Crippen LogP) is 2.21. The lowest BCUT2D eigenvalue weighted by atomic mass is 10.1. The summed E-state index contributed by atoms with van der Waals surface area (Å²) in [6.07, 6.45) is -1.71. The Morgan fingerprint density at radius 3 is 1.73 bits per heavy atom. The standard InChI is InChI=1S/C8H7Cl3O4/c9-8(10,11)7(15)6-4(13)1-3(12)2-5(6)14/h1-2,7,12-15H. The number of halogens is 3. The van der Waals surface area contributed by atoms with Gasteiger partial charge in [-0.25, -0.2) is 0 Å². The van der Waals surface area contributed by atoms with Crippen LogP contribution in [0.5, 0.6) is 17.2 Å². The summed E-state index contributed by atoms with van der Waals surface area (Å²) in [5, 5.41) is 37.2. The van der Waals surface area contributed by atoms with Crippen LogP contribution in [0.2, 0.25) is 0 Å². The molecule has 0 bridgehead atoms. The zero-order chi connectivity index (χ0) is 11.8. The Balaban J connectivity index is 3.26. The van der Waals surface area contributed by atoms with Crippen LogP contribution in [0.15, 0.2) is 12.1 Å². The van der Waals surface area contributed by atoms with Crippen LogP contribution >= 0.6 is 34.8 Å². The number of benzene rings is 1. The molecule has 1 aromatic carbocycles. The van der Waals surface area contributed by atoms with Gasteiger partial charge in [0.15, 0.2) is 0 Å². The molecule has 7 heteroatoms. The third kappa shape index (κ3) is 2.72. The Hall–Kier alpha value is -0.550. The van der Waals surface area contributed by atoms with Crippen molar-refractivity contribution in [3.8, 4) is 17.2 Å². The van der Waals surface area contributed by atoms with Crippen LogP contribution in [-0.2, 0) is 0 Å². The summed E-state index contributed by atoms with van der Waals surface area (Å²) >= 11 is 16.2. The average Bonchev–Trinajstić information content (AvgIpc) is 1.99. The van der Waals surface area contributed by atoms with E-state index in [4.69, 9.17) is 39.9 Å². The van der Waals surface area contributed by atoms with Crippen molar-refractivity contribution in [2.45, 2.75) is 9.90 Å². The number of aromatic hydroxyl groups is 3. The van der Waals surface area contributed by atoms with E-state index in [1.165, 1.54) is 0 Å². The maximum atomic E-state index is 9.51. The molecule has 0 fully saturated rings. The average molecular weight is 273 g/mol. The van der Waals surface area contributed by atoms with Crippen molar-refractivity contribution < 1.29 is 20.4 Å². The third-order valence-corrected chi connectivity index (χ3v) is 2.32. The number of alkyl halides is 3. The summed E-state index contributed by atoms with van der Waals surface area (Å²) in [5.74, 6) is -1.50. The van der Waals surface area contributed by atoms with Crippen LogP contribution in [0.3, 0.4) is 0 Å². The maximum absolute atomic E-state index is 9.51. The van der Waals surface area contributed by atoms with Gasteiger partial charge in [-0.05, 0) is 0 Å². The largest absolute Gasteiger partial charge is 0.508 e. The van der Waals surface area contributed by atoms with E-state index in [0.717, 1.165) is 12.1 Å². The first-order chi connectivity index (χ1) is 6.73. The van der Waals surface area contributed by atoms with Gasteiger partial charge in [-0.1, -0.05) is 34.8 Å². The van der Waals surface area contributed by atoms with Crippen molar-refractivity contribution in [2.75, 3.05) is 0 Å². The van der Waals surface area contributed by atoms with Gasteiger partial charge in [-0.15, -0.1) is 0 Å². The van der Waals surface area contributed by atoms with Crippen molar-refractivity contribution >= 4 is 34.8 Å². The van der Waals surface area contributed by atoms with E-state index in [1.54, 1.807) is 0 Å². The lowest BCUT2D eigenvalue weighted by molar-refractivity contribution is 0.174. The first-order valence-electron chi connectivity index (χ1n) is 3.73. The van der Waals surface area contributed by atoms with E-state index in [-0.39, 0.29) is 11.3 Å². The van der Waals surface area contributed by atoms with Crippen LogP contribution in [0, 0.1) is 0 Å². The Kier molecular flexibility index (Phi) is 3.45. The van der Waals surface area contributed by atoms with Crippen molar-refractivity contribution in [1.82, 2.24) is 0 Å². The molecular weight excluding hydrogens is 266 g/mol. The molecule has 1 unspecified atom stereocenters. The van der Waals surface area contributed by atoms with E-state index in [1.807, 2.05) is 0 Å². The molecule has 0 aliphatic heterocycles. The second kappa shape index (κ2) is 4.14. The summed E-state index contributed by atoms with van der Waals surface area (Å²) in [5.41, 5.74) is -0.354. The van der Waals surface area contributed by atoms with E-state index in [2.05, 4.69) is 0 Å². The second-order valence-electron chi connectivity index (χ2n) is 2.84. The van der Waals surface area contributed by atoms with Gasteiger partial charge in [0.1, 0.15) is 23.4 Å². The summed E-state index contributed by atoms with van der Waals surface area (Å²) in [6, 6.07) is 1.82. The van der Waals surface area contributed by atoms with Crippen LogP contribution in [0.1, 0.15) is 11.7 Å². The fraction of sp³-hybridized carbons (Fsp3) is 0.250. The minimum absolute atomic E-state index is 0.354. The number of phenols is 3. The summed E-state index contributed by atoms with van der Waals surface area (Å²) in [7, 11) is 0. The van der Waals surface area contributed by atoms with Gasteiger partial charge < -0.3 is 20.4 Å². The van der Waals surface area contributed by atoms with Gasteiger partial charge in [0.05, 0.1) is 5.56 Å². The molecule has 0 spiro atoms. The van der Waals surface area contributed by atoms with Crippen molar-refractivity contribution in [3.05, 3.63) is 17.7 Å². The Bertz CT molecular complexity index is 352. The highest BCUT2D eigenvalue weighted by atomic mass is 35.6. The molecular formula is C8H7Cl3O4. The molecule has 0 aromatic heterocycles. The fourth-order valence-electron chi connectivity index (χ4n) is 1.05. The van der Waals surface area contributed by atoms with E-state index >= 15 is 0 Å². The lowest BCUT2D eigenvalue weighted by Gasteiger charge is -2.20. The molecule has 4 N–H and O–H groups in total. The minimum atomic E-state index is -2.09. The van der Waals surface area contributed by atoms with Crippen LogP contribution < -0.4 is 0 Å². The van der Waals surface area contributed by atoms with Crippen LogP contribution in [0.4, 0.5) is 0 Å². The number of aliphatic hydroxyl groups excluding tert-OH is 1. The Morgan fingerprint density at radius 2 is 1.40 bits per heavy atom. The number of hydrogen-bond donors (Lipinski definition) is 4. The number of hydrogen-bond acceptors (Lipinski definition) is 4. The molecule has 0 radical (unpaired) electrons. The molecule has 4 nitrogen and oxygen atoms in total. The number of aliphatic hydroxyl groups is 1. The van der Waals surface area contributed by atoms with Gasteiger partial charge >= 0.3 is 0 Å². The SMILES string of the molecule is Oc1cc(O)c(C(O)C(Cl)(Cl)Cl)c(O)c1. The minimum Gasteiger partial charge on any atom is -0.508 e. The van der Waals surface area contributed by atoms with Crippen molar-refractivity contribution in [3.63, 3.8) is 0 Å². The van der Waals surface area contributed by atoms with Gasteiger partial charge in [0, 0.05) is 12.1 Å². The molecule has 0 aliphatic rings. The van der Waals surface area contributed by atoms with Crippen LogP contribution in [0.25, 0.3) is 0 Å². The Morgan fingerprint density at radius 1 is 1.00 bits per heavy atom. The highest BCUT2D eigenvalue weighted by Crippen LogP contribution is 2.46. The predicted molar refractivity (Wildman–Crippen MR) is 56.7 cm³/mol. The number of rotatable bonds is 1. The van der Waals surface area contributed by atoms with Gasteiger partial charge in [0.2, 0.25) is 3.79 Å². The van der Waals surface area contributed by atoms with Crippen molar-refractivity contribution in [2.24, 2.45) is 0 Å². The van der Waals surface area contributed by atoms with Crippen molar-refractivity contribution in [1.29, 1.82) is 0 Å². The van der Waals surface area contributed by atoms with Gasteiger partial charge in [-0.3, -0.25) is 0 Å². The molecule has 1 rings (SSSR count). The first-order valence-corrected chi connectivity index (χ1v) is 4.86. The lowest BCUT2D eigenvalue weighted by Crippen LogP contribution is -2.16. The molecule has 0 saturated heterocycles. The van der Waals surface area contributed by atoms with E-state index < -0.39 is 21.4 Å². The smallest absolute Gasteiger partial charge is 0.220 e. The van der Waals surface area contributed by atoms with Gasteiger partial charge in [0.25, 0.3) is 0 Å². The third-order valence-electron chi connectivity index (χ3n) is 1.70. The molecule has 84 valence electrons. The molecule has 0 amide bonds. The fourth-order valence-corrected chi connectivity index (χ4v) is 1.38. The molecule has 15 heavy (non-hydrogen) atoms. The maximum Gasteiger partial charge on any atom is 0.220 e. The summed E-state index contributed by atoms with van der Waals surface area (Å²) < 4.78 is -2.09. The van der Waals surface area contributed by atoms with E-state index in [0.29, 0.717) is 0 Å². The quantitative estimate of drug-likeness (QED) is 0.591. The normalized spacial score (nSPS) is 13.9. The summed E-state index contributed by atoms with van der Waals surface area (Å²) in [6.45, 7) is 0. The molecule has 0 saturated carbocycles. The zero-order valence-electron chi connectivity index (χ0n) is 7.15. The van der Waals surface area contributed by atoms with Gasteiger partial charge in [-0.2, -0.15) is 0 Å². The Labute approximate surface area is 100 Å². The number of phenolic OH excluding ortho intramolecular Hbond substituents is 3. The first kappa shape index (κ1) is 12.5. The molecule has 0 heterocycles.